The van der Waals surface area contributed by atoms with Gasteiger partial charge in [-0.2, -0.15) is 11.8 Å². The highest BCUT2D eigenvalue weighted by Gasteiger charge is 2.44. The molecular weight excluding hydrogens is 180 g/mol. The highest BCUT2D eigenvalue weighted by Crippen LogP contribution is 2.49. The minimum absolute atomic E-state index is 0.264. The molecule has 2 fully saturated rings. The monoisotopic (exact) mass is 198 g/mol. The molecule has 0 aromatic heterocycles. The Balaban J connectivity index is 1.91. The minimum atomic E-state index is 0.264. The molecular formula is C11H18OS. The highest BCUT2D eigenvalue weighted by molar-refractivity contribution is 8.00. The number of Topliss-reactive ketones (excluding diaryl/α,β-unsaturated/α-hetero) is 1. The summed E-state index contributed by atoms with van der Waals surface area (Å²) in [6.07, 6.45) is 7.98. The van der Waals surface area contributed by atoms with E-state index >= 15 is 0 Å². The van der Waals surface area contributed by atoms with E-state index in [1.54, 1.807) is 0 Å². The van der Waals surface area contributed by atoms with Gasteiger partial charge in [0.1, 0.15) is 5.78 Å². The number of ketones is 1. The average molecular weight is 198 g/mol. The summed E-state index contributed by atoms with van der Waals surface area (Å²) in [7, 11) is 0. The van der Waals surface area contributed by atoms with E-state index < -0.39 is 0 Å². The lowest BCUT2D eigenvalue weighted by Crippen LogP contribution is -2.27. The van der Waals surface area contributed by atoms with Crippen LogP contribution in [0.1, 0.15) is 39.0 Å². The lowest BCUT2D eigenvalue weighted by molar-refractivity contribution is -0.120. The van der Waals surface area contributed by atoms with Gasteiger partial charge in [0.05, 0.1) is 0 Å². The Morgan fingerprint density at radius 3 is 2.38 bits per heavy atom. The summed E-state index contributed by atoms with van der Waals surface area (Å²) >= 11 is 1.90. The predicted molar refractivity (Wildman–Crippen MR) is 57.0 cm³/mol. The van der Waals surface area contributed by atoms with Crippen LogP contribution in [0.3, 0.4) is 0 Å². The Morgan fingerprint density at radius 1 is 1.38 bits per heavy atom. The van der Waals surface area contributed by atoms with E-state index in [4.69, 9.17) is 0 Å². The van der Waals surface area contributed by atoms with Crippen molar-refractivity contribution in [3.63, 3.8) is 0 Å². The van der Waals surface area contributed by atoms with Crippen molar-refractivity contribution >= 4 is 17.5 Å². The minimum Gasteiger partial charge on any atom is -0.299 e. The topological polar surface area (TPSA) is 17.1 Å². The van der Waals surface area contributed by atoms with Gasteiger partial charge in [0.25, 0.3) is 0 Å². The molecule has 0 aliphatic heterocycles. The van der Waals surface area contributed by atoms with Crippen molar-refractivity contribution in [1.29, 1.82) is 0 Å². The highest BCUT2D eigenvalue weighted by atomic mass is 32.2. The molecule has 2 saturated carbocycles. The van der Waals surface area contributed by atoms with Gasteiger partial charge in [0, 0.05) is 17.1 Å². The van der Waals surface area contributed by atoms with Crippen molar-refractivity contribution < 1.29 is 4.79 Å². The lowest BCUT2D eigenvalue weighted by atomic mass is 9.96. The van der Waals surface area contributed by atoms with Crippen molar-refractivity contribution in [3.05, 3.63) is 0 Å². The maximum absolute atomic E-state index is 11.7. The molecule has 2 rings (SSSR count). The molecule has 13 heavy (non-hydrogen) atoms. The summed E-state index contributed by atoms with van der Waals surface area (Å²) in [5.74, 6) is 1.80. The zero-order valence-corrected chi connectivity index (χ0v) is 9.32. The van der Waals surface area contributed by atoms with E-state index in [1.165, 1.54) is 12.8 Å². The van der Waals surface area contributed by atoms with Crippen LogP contribution in [0.4, 0.5) is 0 Å². The van der Waals surface area contributed by atoms with Crippen LogP contribution in [-0.2, 0) is 4.79 Å². The van der Waals surface area contributed by atoms with E-state index in [1.807, 2.05) is 11.8 Å². The molecule has 0 spiro atoms. The molecule has 74 valence electrons. The summed E-state index contributed by atoms with van der Waals surface area (Å²) in [6, 6.07) is 0. The van der Waals surface area contributed by atoms with Crippen molar-refractivity contribution in [2.75, 3.05) is 6.26 Å². The number of carbonyl (C=O) groups excluding carboxylic acids is 1. The fourth-order valence-corrected chi connectivity index (χ4v) is 2.83. The Hall–Kier alpha value is 0.0200. The Bertz CT molecular complexity index is 218. The quantitative estimate of drug-likeness (QED) is 0.675. The number of rotatable bonds is 5. The van der Waals surface area contributed by atoms with E-state index in [0.717, 1.165) is 25.2 Å². The predicted octanol–water partition coefficient (Wildman–Crippen LogP) is 2.89. The molecule has 0 bridgehead atoms. The molecule has 0 radical (unpaired) electrons. The van der Waals surface area contributed by atoms with Gasteiger partial charge in [-0.25, -0.2) is 0 Å². The average Bonchev–Trinajstić information content (AvgIpc) is 2.90. The summed E-state index contributed by atoms with van der Waals surface area (Å²) in [5.41, 5.74) is 0. The van der Waals surface area contributed by atoms with Gasteiger partial charge in [-0.15, -0.1) is 0 Å². The van der Waals surface area contributed by atoms with Crippen molar-refractivity contribution in [1.82, 2.24) is 0 Å². The SMILES string of the molecule is CS[C@@](C)(CC(=O)C1CC1)C1CC1. The molecule has 0 aromatic rings. The van der Waals surface area contributed by atoms with Crippen LogP contribution in [0.2, 0.25) is 0 Å². The largest absolute Gasteiger partial charge is 0.299 e. The fraction of sp³-hybridized carbons (Fsp3) is 0.909. The van der Waals surface area contributed by atoms with Gasteiger partial charge in [0.15, 0.2) is 0 Å². The van der Waals surface area contributed by atoms with Crippen LogP contribution in [0.5, 0.6) is 0 Å². The first-order valence-electron chi connectivity index (χ1n) is 5.23. The van der Waals surface area contributed by atoms with E-state index in [0.29, 0.717) is 11.7 Å². The van der Waals surface area contributed by atoms with Crippen molar-refractivity contribution in [2.24, 2.45) is 11.8 Å². The van der Waals surface area contributed by atoms with Crippen LogP contribution in [0.15, 0.2) is 0 Å². The summed E-state index contributed by atoms with van der Waals surface area (Å²) in [5, 5.41) is 0. The summed E-state index contributed by atoms with van der Waals surface area (Å²) < 4.78 is 0.264. The standard InChI is InChI=1S/C11H18OS/c1-11(13-2,9-5-6-9)7-10(12)8-3-4-8/h8-9H,3-7H2,1-2H3/t11-/m0/s1. The van der Waals surface area contributed by atoms with Crippen molar-refractivity contribution in [3.8, 4) is 0 Å². The van der Waals surface area contributed by atoms with Crippen LogP contribution in [0, 0.1) is 11.8 Å². The third kappa shape index (κ3) is 2.09. The molecule has 0 saturated heterocycles. The Kier molecular flexibility index (Phi) is 2.43. The molecule has 0 N–H and O–H groups in total. The van der Waals surface area contributed by atoms with Crippen LogP contribution in [-0.4, -0.2) is 16.8 Å². The molecule has 0 amide bonds. The normalized spacial score (nSPS) is 26.9. The molecule has 1 atom stereocenters. The molecule has 0 heterocycles. The maximum atomic E-state index is 11.7. The Labute approximate surface area is 84.7 Å². The van der Waals surface area contributed by atoms with Gasteiger partial charge in [-0.1, -0.05) is 0 Å². The van der Waals surface area contributed by atoms with Gasteiger partial charge < -0.3 is 0 Å². The zero-order chi connectivity index (χ0) is 9.47. The Morgan fingerprint density at radius 2 is 2.00 bits per heavy atom. The number of hydrogen-bond acceptors (Lipinski definition) is 2. The van der Waals surface area contributed by atoms with Gasteiger partial charge in [-0.05, 0) is 44.8 Å². The van der Waals surface area contributed by atoms with Gasteiger partial charge in [0.2, 0.25) is 0 Å². The first-order valence-corrected chi connectivity index (χ1v) is 6.46. The third-order valence-corrected chi connectivity index (χ3v) is 4.88. The maximum Gasteiger partial charge on any atom is 0.137 e. The summed E-state index contributed by atoms with van der Waals surface area (Å²) in [6.45, 7) is 2.27. The molecule has 2 aliphatic carbocycles. The zero-order valence-electron chi connectivity index (χ0n) is 8.51. The second-order valence-electron chi connectivity index (χ2n) is 4.71. The number of carbonyl (C=O) groups is 1. The number of hydrogen-bond donors (Lipinski definition) is 0. The van der Waals surface area contributed by atoms with Gasteiger partial charge in [-0.3, -0.25) is 4.79 Å². The second-order valence-corrected chi connectivity index (χ2v) is 6.05. The second kappa shape index (κ2) is 3.30. The fourth-order valence-electron chi connectivity index (χ4n) is 1.97. The third-order valence-electron chi connectivity index (χ3n) is 3.47. The molecule has 0 unspecified atom stereocenters. The van der Waals surface area contributed by atoms with E-state index in [9.17, 15) is 4.79 Å². The van der Waals surface area contributed by atoms with Crippen LogP contribution in [0.25, 0.3) is 0 Å². The lowest BCUT2D eigenvalue weighted by Gasteiger charge is -2.26. The van der Waals surface area contributed by atoms with Crippen molar-refractivity contribution in [2.45, 2.75) is 43.8 Å². The molecule has 2 aliphatic rings. The van der Waals surface area contributed by atoms with E-state index in [-0.39, 0.29) is 4.75 Å². The molecule has 2 heteroatoms. The van der Waals surface area contributed by atoms with E-state index in [2.05, 4.69) is 13.2 Å². The smallest absolute Gasteiger partial charge is 0.137 e. The number of thioether (sulfide) groups is 1. The van der Waals surface area contributed by atoms with Crippen LogP contribution < -0.4 is 0 Å². The van der Waals surface area contributed by atoms with Gasteiger partial charge >= 0.3 is 0 Å². The first kappa shape index (κ1) is 9.57. The van der Waals surface area contributed by atoms with Crippen LogP contribution >= 0.6 is 11.8 Å². The molecule has 0 aromatic carbocycles. The first-order chi connectivity index (χ1) is 6.15. The summed E-state index contributed by atoms with van der Waals surface area (Å²) in [4.78, 5) is 11.7. The molecule has 1 nitrogen and oxygen atoms in total.